The topological polar surface area (TPSA) is 144 Å². The number of benzene rings is 1. The van der Waals surface area contributed by atoms with E-state index in [1.54, 1.807) is 6.07 Å². The van der Waals surface area contributed by atoms with E-state index in [2.05, 4.69) is 25.4 Å². The first-order chi connectivity index (χ1) is 17.5. The van der Waals surface area contributed by atoms with Gasteiger partial charge in [-0.05, 0) is 55.0 Å². The molecule has 0 spiro atoms. The molecule has 194 valence electrons. The van der Waals surface area contributed by atoms with E-state index in [9.17, 15) is 36.7 Å². The van der Waals surface area contributed by atoms with Gasteiger partial charge in [0.25, 0.3) is 0 Å². The van der Waals surface area contributed by atoms with Crippen LogP contribution < -0.4 is 22.0 Å². The first kappa shape index (κ1) is 27.0. The molecule has 0 saturated carbocycles. The fraction of sp³-hybridized carbons (Fsp3) is 0.208. The van der Waals surface area contributed by atoms with Gasteiger partial charge in [0, 0.05) is 29.7 Å². The number of nitrogens with zero attached hydrogens (tertiary/aromatic N) is 1. The van der Waals surface area contributed by atoms with E-state index < -0.39 is 33.8 Å². The van der Waals surface area contributed by atoms with Crippen LogP contribution in [-0.2, 0) is 31.9 Å². The molecule has 0 aliphatic rings. The number of halogens is 4. The molecule has 13 heteroatoms. The van der Waals surface area contributed by atoms with E-state index in [1.807, 2.05) is 6.07 Å². The lowest BCUT2D eigenvalue weighted by molar-refractivity contribution is -0.141. The third kappa shape index (κ3) is 8.26. The van der Waals surface area contributed by atoms with E-state index in [4.69, 9.17) is 0 Å². The Labute approximate surface area is 205 Å². The molecule has 0 unspecified atom stereocenters. The predicted octanol–water partition coefficient (Wildman–Crippen LogP) is 2.25. The Kier molecular flexibility index (Phi) is 8.72. The molecular formula is C24H21F4N5O4. The summed E-state index contributed by atoms with van der Waals surface area (Å²) in [6.07, 6.45) is -1.41. The molecule has 9 nitrogen and oxygen atoms in total. The predicted molar refractivity (Wildman–Crippen MR) is 126 cm³/mol. The van der Waals surface area contributed by atoms with Crippen LogP contribution in [0.2, 0.25) is 0 Å². The SMILES string of the molecule is O=c1cc(CCc2ccc(C(F)(F)F)nc2)[nH][nH]c1=O.O=c1cc(CCc2cccc(F)c2)[nH][nH]c1=O. The Balaban J connectivity index is 0.000000208. The summed E-state index contributed by atoms with van der Waals surface area (Å²) in [5, 5.41) is 9.60. The van der Waals surface area contributed by atoms with E-state index in [0.717, 1.165) is 23.9 Å². The van der Waals surface area contributed by atoms with Gasteiger partial charge in [0.15, 0.2) is 0 Å². The van der Waals surface area contributed by atoms with Gasteiger partial charge in [0.2, 0.25) is 10.9 Å². The van der Waals surface area contributed by atoms with Gasteiger partial charge in [0.05, 0.1) is 0 Å². The number of pyridine rings is 1. The van der Waals surface area contributed by atoms with Crippen molar-refractivity contribution in [3.63, 3.8) is 0 Å². The molecule has 37 heavy (non-hydrogen) atoms. The Morgan fingerprint density at radius 1 is 0.676 bits per heavy atom. The minimum Gasteiger partial charge on any atom is -0.302 e. The second kappa shape index (κ2) is 11.9. The van der Waals surface area contributed by atoms with Crippen molar-refractivity contribution in [1.82, 2.24) is 25.4 Å². The van der Waals surface area contributed by atoms with Crippen LogP contribution in [0.1, 0.15) is 28.2 Å². The average Bonchev–Trinajstić information content (AvgIpc) is 2.86. The van der Waals surface area contributed by atoms with Crippen LogP contribution in [0.4, 0.5) is 17.6 Å². The number of rotatable bonds is 6. The van der Waals surface area contributed by atoms with E-state index in [1.165, 1.54) is 24.3 Å². The quantitative estimate of drug-likeness (QED) is 0.228. The van der Waals surface area contributed by atoms with Gasteiger partial charge < -0.3 is 10.2 Å². The number of aromatic nitrogens is 5. The smallest absolute Gasteiger partial charge is 0.302 e. The van der Waals surface area contributed by atoms with Gasteiger partial charge >= 0.3 is 17.3 Å². The lowest BCUT2D eigenvalue weighted by Crippen LogP contribution is -2.27. The van der Waals surface area contributed by atoms with Crippen molar-refractivity contribution in [2.75, 3.05) is 0 Å². The molecule has 0 aliphatic carbocycles. The molecule has 4 N–H and O–H groups in total. The fourth-order valence-electron chi connectivity index (χ4n) is 3.18. The zero-order valence-electron chi connectivity index (χ0n) is 19.1. The van der Waals surface area contributed by atoms with Crippen molar-refractivity contribution < 1.29 is 17.6 Å². The summed E-state index contributed by atoms with van der Waals surface area (Å²) in [6, 6.07) is 10.9. The largest absolute Gasteiger partial charge is 0.433 e. The zero-order valence-corrected chi connectivity index (χ0v) is 19.1. The van der Waals surface area contributed by atoms with Gasteiger partial charge in [-0.1, -0.05) is 18.2 Å². The molecule has 1 aromatic carbocycles. The zero-order chi connectivity index (χ0) is 27.0. The standard InChI is InChI=1S/C12H10F3N3O2.C12H11FN2O2/c13-12(14,15)10-4-2-7(6-16-10)1-3-8-5-9(19)11(20)18-17-8;13-9-3-1-2-8(6-9)4-5-10-7-11(16)12(17)15-14-10/h2,4-6H,1,3H2,(H,17,19)(H,18,20);1-3,6-7H,4-5H2,(H,14,16)(H,15,17). The number of H-pyrrole nitrogens is 4. The Hall–Kier alpha value is -4.55. The Morgan fingerprint density at radius 3 is 1.70 bits per heavy atom. The van der Waals surface area contributed by atoms with E-state index in [-0.39, 0.29) is 5.82 Å². The van der Waals surface area contributed by atoms with E-state index in [0.29, 0.717) is 42.6 Å². The summed E-state index contributed by atoms with van der Waals surface area (Å²) in [6.45, 7) is 0. The van der Waals surface area contributed by atoms with E-state index >= 15 is 0 Å². The Morgan fingerprint density at radius 2 is 1.24 bits per heavy atom. The van der Waals surface area contributed by atoms with Crippen LogP contribution in [0, 0.1) is 5.82 Å². The normalized spacial score (nSPS) is 11.0. The summed E-state index contributed by atoms with van der Waals surface area (Å²) in [5.74, 6) is -0.280. The maximum absolute atomic E-state index is 12.9. The van der Waals surface area contributed by atoms with Gasteiger partial charge in [-0.3, -0.25) is 34.4 Å². The summed E-state index contributed by atoms with van der Waals surface area (Å²) >= 11 is 0. The highest BCUT2D eigenvalue weighted by Gasteiger charge is 2.31. The monoisotopic (exact) mass is 519 g/mol. The second-order valence-electron chi connectivity index (χ2n) is 7.91. The maximum Gasteiger partial charge on any atom is 0.433 e. The first-order valence-electron chi connectivity index (χ1n) is 10.9. The highest BCUT2D eigenvalue weighted by atomic mass is 19.4. The number of alkyl halides is 3. The molecule has 4 aromatic rings. The van der Waals surface area contributed by atoms with Crippen LogP contribution >= 0.6 is 0 Å². The molecule has 0 radical (unpaired) electrons. The molecule has 0 atom stereocenters. The van der Waals surface area contributed by atoms with Crippen LogP contribution in [-0.4, -0.2) is 25.4 Å². The number of hydrogen-bond donors (Lipinski definition) is 4. The molecule has 0 bridgehead atoms. The van der Waals surface area contributed by atoms with Crippen LogP contribution in [0.15, 0.2) is 73.9 Å². The minimum atomic E-state index is -4.46. The lowest BCUT2D eigenvalue weighted by Gasteiger charge is -2.06. The molecule has 4 rings (SSSR count). The van der Waals surface area contributed by atoms with Crippen molar-refractivity contribution in [3.8, 4) is 0 Å². The van der Waals surface area contributed by atoms with Crippen molar-refractivity contribution in [2.45, 2.75) is 31.9 Å². The second-order valence-corrected chi connectivity index (χ2v) is 7.91. The lowest BCUT2D eigenvalue weighted by atomic mass is 10.1. The van der Waals surface area contributed by atoms with Crippen molar-refractivity contribution in [2.24, 2.45) is 0 Å². The third-order valence-electron chi connectivity index (χ3n) is 5.10. The summed E-state index contributed by atoms with van der Waals surface area (Å²) in [5.41, 5.74) is -1.03. The third-order valence-corrected chi connectivity index (χ3v) is 5.10. The highest BCUT2D eigenvalue weighted by Crippen LogP contribution is 2.27. The van der Waals surface area contributed by atoms with Gasteiger partial charge in [0.1, 0.15) is 11.5 Å². The molecule has 0 amide bonds. The maximum atomic E-state index is 12.9. The number of aromatic amines is 4. The summed E-state index contributed by atoms with van der Waals surface area (Å²) < 4.78 is 49.9. The average molecular weight is 519 g/mol. The first-order valence-corrected chi connectivity index (χ1v) is 10.9. The summed E-state index contributed by atoms with van der Waals surface area (Å²) in [7, 11) is 0. The van der Waals surface area contributed by atoms with Gasteiger partial charge in [-0.15, -0.1) is 0 Å². The minimum absolute atomic E-state index is 0.280. The van der Waals surface area contributed by atoms with Gasteiger partial charge in [-0.25, -0.2) is 4.39 Å². The molecule has 0 aliphatic heterocycles. The van der Waals surface area contributed by atoms with Crippen LogP contribution in [0.3, 0.4) is 0 Å². The highest BCUT2D eigenvalue weighted by molar-refractivity contribution is 5.18. The fourth-order valence-corrected chi connectivity index (χ4v) is 3.18. The molecule has 0 saturated heterocycles. The number of aryl methyl sites for hydroxylation is 4. The molecule has 0 fully saturated rings. The van der Waals surface area contributed by atoms with Crippen molar-refractivity contribution >= 4 is 0 Å². The molecule has 3 heterocycles. The van der Waals surface area contributed by atoms with Crippen molar-refractivity contribution in [1.29, 1.82) is 0 Å². The van der Waals surface area contributed by atoms with Gasteiger partial charge in [-0.2, -0.15) is 13.2 Å². The Bertz CT molecular complexity index is 1570. The van der Waals surface area contributed by atoms with Crippen molar-refractivity contribution in [3.05, 3.63) is 130 Å². The number of nitrogens with one attached hydrogen (secondary N) is 4. The van der Waals surface area contributed by atoms with Crippen LogP contribution in [0.25, 0.3) is 0 Å². The van der Waals surface area contributed by atoms with Crippen LogP contribution in [0.5, 0.6) is 0 Å². The molecular weight excluding hydrogens is 498 g/mol. The number of hydrogen-bond acceptors (Lipinski definition) is 5. The molecule has 3 aromatic heterocycles. The summed E-state index contributed by atoms with van der Waals surface area (Å²) in [4.78, 5) is 47.2.